The Morgan fingerprint density at radius 3 is 2.35 bits per heavy atom. The van der Waals surface area contributed by atoms with E-state index < -0.39 is 29.6 Å². The minimum Gasteiger partial charge on any atom is -0.345 e. The van der Waals surface area contributed by atoms with Crippen molar-refractivity contribution in [3.63, 3.8) is 0 Å². The average Bonchev–Trinajstić information content (AvgIpc) is 2.34. The highest BCUT2D eigenvalue weighted by molar-refractivity contribution is 5.87. The fourth-order valence-electron chi connectivity index (χ4n) is 1.45. The third-order valence-electron chi connectivity index (χ3n) is 2.37. The number of carbonyl (C=O) groups excluding carboxylic acids is 2. The molecule has 0 bridgehead atoms. The van der Waals surface area contributed by atoms with Crippen molar-refractivity contribution in [3.05, 3.63) is 29.8 Å². The van der Waals surface area contributed by atoms with Crippen LogP contribution in [-0.2, 0) is 15.8 Å². The molecule has 20 heavy (non-hydrogen) atoms. The SMILES string of the molecule is CC(=O)NC(C)C(=O)NNc1ccccc1C(F)(F)F. The highest BCUT2D eigenvalue weighted by Gasteiger charge is 2.33. The van der Waals surface area contributed by atoms with Crippen molar-refractivity contribution in [1.82, 2.24) is 10.7 Å². The van der Waals surface area contributed by atoms with E-state index in [0.29, 0.717) is 0 Å². The van der Waals surface area contributed by atoms with Crippen molar-refractivity contribution in [2.75, 3.05) is 5.43 Å². The number of benzene rings is 1. The smallest absolute Gasteiger partial charge is 0.345 e. The predicted octanol–water partition coefficient (Wildman–Crippen LogP) is 1.67. The van der Waals surface area contributed by atoms with E-state index in [1.165, 1.54) is 32.0 Å². The number of alkyl halides is 3. The first-order chi connectivity index (χ1) is 9.21. The van der Waals surface area contributed by atoms with E-state index in [1.54, 1.807) is 0 Å². The zero-order valence-corrected chi connectivity index (χ0v) is 10.8. The quantitative estimate of drug-likeness (QED) is 0.738. The lowest BCUT2D eigenvalue weighted by Crippen LogP contribution is -2.46. The van der Waals surface area contributed by atoms with E-state index in [0.717, 1.165) is 6.07 Å². The van der Waals surface area contributed by atoms with E-state index in [2.05, 4.69) is 16.2 Å². The lowest BCUT2D eigenvalue weighted by atomic mass is 10.2. The second-order valence-corrected chi connectivity index (χ2v) is 4.08. The number of carbonyl (C=O) groups is 2. The molecule has 0 fully saturated rings. The molecule has 0 aliphatic heterocycles. The average molecular weight is 289 g/mol. The van der Waals surface area contributed by atoms with Gasteiger partial charge >= 0.3 is 6.18 Å². The van der Waals surface area contributed by atoms with Crippen LogP contribution in [0.15, 0.2) is 24.3 Å². The maximum absolute atomic E-state index is 12.7. The molecule has 3 N–H and O–H groups in total. The molecule has 1 aromatic carbocycles. The number of nitrogens with one attached hydrogen (secondary N) is 3. The molecule has 0 aliphatic rings. The number of rotatable bonds is 4. The van der Waals surface area contributed by atoms with Gasteiger partial charge in [-0.3, -0.25) is 20.4 Å². The van der Waals surface area contributed by atoms with Gasteiger partial charge in [-0.2, -0.15) is 13.2 Å². The molecule has 1 unspecified atom stereocenters. The van der Waals surface area contributed by atoms with Gasteiger partial charge in [0, 0.05) is 6.92 Å². The Labute approximate surface area is 113 Å². The van der Waals surface area contributed by atoms with Crippen LogP contribution >= 0.6 is 0 Å². The van der Waals surface area contributed by atoms with Gasteiger partial charge in [0.15, 0.2) is 0 Å². The molecule has 2 amide bonds. The first kappa shape index (κ1) is 15.8. The lowest BCUT2D eigenvalue weighted by Gasteiger charge is -2.17. The number of amides is 2. The summed E-state index contributed by atoms with van der Waals surface area (Å²) in [7, 11) is 0. The molecule has 0 aliphatic carbocycles. The molecular formula is C12H14F3N3O2. The zero-order chi connectivity index (χ0) is 15.3. The fraction of sp³-hybridized carbons (Fsp3) is 0.333. The summed E-state index contributed by atoms with van der Waals surface area (Å²) >= 11 is 0. The van der Waals surface area contributed by atoms with Crippen molar-refractivity contribution >= 4 is 17.5 Å². The molecule has 0 saturated carbocycles. The Balaban J connectivity index is 2.71. The highest BCUT2D eigenvalue weighted by Crippen LogP contribution is 2.34. The summed E-state index contributed by atoms with van der Waals surface area (Å²) in [6.07, 6.45) is -4.53. The molecule has 1 atom stereocenters. The predicted molar refractivity (Wildman–Crippen MR) is 66.5 cm³/mol. The minimum atomic E-state index is -4.53. The monoisotopic (exact) mass is 289 g/mol. The van der Waals surface area contributed by atoms with Gasteiger partial charge in [-0.05, 0) is 19.1 Å². The standard InChI is InChI=1S/C12H14F3N3O2/c1-7(16-8(2)19)11(20)18-17-10-6-4-3-5-9(10)12(13,14)15/h3-7,17H,1-2H3,(H,16,19)(H,18,20). The molecule has 1 aromatic rings. The van der Waals surface area contributed by atoms with Crippen LogP contribution in [0.5, 0.6) is 0 Å². The summed E-state index contributed by atoms with van der Waals surface area (Å²) in [4.78, 5) is 22.3. The molecule has 1 rings (SSSR count). The van der Waals surface area contributed by atoms with E-state index in [-0.39, 0.29) is 5.69 Å². The Morgan fingerprint density at radius 2 is 1.80 bits per heavy atom. The van der Waals surface area contributed by atoms with Crippen LogP contribution in [0.2, 0.25) is 0 Å². The number of halogens is 3. The van der Waals surface area contributed by atoms with E-state index in [9.17, 15) is 22.8 Å². The third-order valence-corrected chi connectivity index (χ3v) is 2.37. The number of para-hydroxylation sites is 1. The Kier molecular flexibility index (Phi) is 4.95. The van der Waals surface area contributed by atoms with Gasteiger partial charge in [0.1, 0.15) is 6.04 Å². The number of hydrogen-bond acceptors (Lipinski definition) is 3. The van der Waals surface area contributed by atoms with Gasteiger partial charge < -0.3 is 5.32 Å². The van der Waals surface area contributed by atoms with Crippen molar-refractivity contribution in [3.8, 4) is 0 Å². The molecule has 5 nitrogen and oxygen atoms in total. The molecule has 0 radical (unpaired) electrons. The van der Waals surface area contributed by atoms with Crippen LogP contribution in [0.25, 0.3) is 0 Å². The highest BCUT2D eigenvalue weighted by atomic mass is 19.4. The molecule has 110 valence electrons. The van der Waals surface area contributed by atoms with Crippen LogP contribution < -0.4 is 16.2 Å². The summed E-state index contributed by atoms with van der Waals surface area (Å²) < 4.78 is 38.1. The summed E-state index contributed by atoms with van der Waals surface area (Å²) in [5.41, 5.74) is 3.15. The van der Waals surface area contributed by atoms with E-state index >= 15 is 0 Å². The lowest BCUT2D eigenvalue weighted by molar-refractivity contribution is -0.137. The van der Waals surface area contributed by atoms with Gasteiger partial charge in [0.2, 0.25) is 5.91 Å². The third kappa shape index (κ3) is 4.45. The zero-order valence-electron chi connectivity index (χ0n) is 10.8. The second kappa shape index (κ2) is 6.27. The van der Waals surface area contributed by atoms with Crippen molar-refractivity contribution < 1.29 is 22.8 Å². The van der Waals surface area contributed by atoms with Crippen LogP contribution in [0, 0.1) is 0 Å². The van der Waals surface area contributed by atoms with Gasteiger partial charge in [-0.1, -0.05) is 12.1 Å². The topological polar surface area (TPSA) is 70.2 Å². The maximum atomic E-state index is 12.7. The normalized spacial score (nSPS) is 12.4. The molecule has 0 aromatic heterocycles. The Hall–Kier alpha value is -2.25. The number of hydrazine groups is 1. The van der Waals surface area contributed by atoms with Gasteiger partial charge in [-0.15, -0.1) is 0 Å². The molecule has 0 saturated heterocycles. The van der Waals surface area contributed by atoms with Crippen molar-refractivity contribution in [2.45, 2.75) is 26.1 Å². The second-order valence-electron chi connectivity index (χ2n) is 4.08. The largest absolute Gasteiger partial charge is 0.418 e. The van der Waals surface area contributed by atoms with Crippen LogP contribution in [-0.4, -0.2) is 17.9 Å². The molecular weight excluding hydrogens is 275 g/mol. The van der Waals surface area contributed by atoms with Gasteiger partial charge in [0.05, 0.1) is 11.3 Å². The Bertz CT molecular complexity index is 503. The number of hydrogen-bond donors (Lipinski definition) is 3. The Morgan fingerprint density at radius 1 is 1.20 bits per heavy atom. The van der Waals surface area contributed by atoms with Gasteiger partial charge in [-0.25, -0.2) is 0 Å². The van der Waals surface area contributed by atoms with Crippen LogP contribution in [0.1, 0.15) is 19.4 Å². The fourth-order valence-corrected chi connectivity index (χ4v) is 1.45. The molecule has 8 heteroatoms. The van der Waals surface area contributed by atoms with Crippen molar-refractivity contribution in [2.24, 2.45) is 0 Å². The molecule has 0 heterocycles. The summed E-state index contributed by atoms with van der Waals surface area (Å²) in [6.45, 7) is 2.64. The first-order valence-corrected chi connectivity index (χ1v) is 5.71. The van der Waals surface area contributed by atoms with Crippen molar-refractivity contribution in [1.29, 1.82) is 0 Å². The number of anilines is 1. The molecule has 0 spiro atoms. The minimum absolute atomic E-state index is 0.275. The summed E-state index contributed by atoms with van der Waals surface area (Å²) in [5, 5.41) is 2.31. The maximum Gasteiger partial charge on any atom is 0.418 e. The van der Waals surface area contributed by atoms with E-state index in [1.807, 2.05) is 0 Å². The first-order valence-electron chi connectivity index (χ1n) is 5.71. The van der Waals surface area contributed by atoms with Crippen LogP contribution in [0.3, 0.4) is 0 Å². The van der Waals surface area contributed by atoms with E-state index in [4.69, 9.17) is 0 Å². The summed E-state index contributed by atoms with van der Waals surface area (Å²) in [5.74, 6) is -1.07. The van der Waals surface area contributed by atoms with Gasteiger partial charge in [0.25, 0.3) is 5.91 Å². The summed E-state index contributed by atoms with van der Waals surface area (Å²) in [6, 6.07) is 3.87. The van der Waals surface area contributed by atoms with Crippen LogP contribution in [0.4, 0.5) is 18.9 Å².